The van der Waals surface area contributed by atoms with Crippen LogP contribution in [-0.2, 0) is 10.0 Å². The van der Waals surface area contributed by atoms with Crippen LogP contribution in [0.25, 0.3) is 0 Å². The summed E-state index contributed by atoms with van der Waals surface area (Å²) in [6, 6.07) is 12.3. The number of nitrogens with one attached hydrogen (secondary N) is 2. The van der Waals surface area contributed by atoms with E-state index in [9.17, 15) is 13.2 Å². The fourth-order valence-electron chi connectivity index (χ4n) is 4.17. The standard InChI is InChI=1S/C26H38N4O4S/c1-3-5-15-30(16-6-4-2)23-17-20(26(31)29-19-21-11-10-14-28-21)18-24(35(27,32)33)25(23)34-22-12-8-7-9-13-22/h7-9,12-13,17-18,21,28H,3-6,10-11,14-16,19H2,1-2H3,(H,29,31)(H2,27,32,33). The number of primary sulfonamides is 1. The van der Waals surface area contributed by atoms with Crippen molar-refractivity contribution < 1.29 is 17.9 Å². The monoisotopic (exact) mass is 502 g/mol. The maximum Gasteiger partial charge on any atom is 0.251 e. The molecule has 2 aromatic carbocycles. The maximum atomic E-state index is 13.1. The molecular formula is C26H38N4O4S. The number of carbonyl (C=O) groups excluding carboxylic acids is 1. The van der Waals surface area contributed by atoms with Crippen LogP contribution < -0.4 is 25.4 Å². The molecule has 0 spiro atoms. The van der Waals surface area contributed by atoms with E-state index in [1.807, 2.05) is 18.2 Å². The first kappa shape index (κ1) is 27.0. The Morgan fingerprint density at radius 1 is 1.14 bits per heavy atom. The minimum atomic E-state index is -4.18. The van der Waals surface area contributed by atoms with Crippen LogP contribution in [-0.4, -0.2) is 46.5 Å². The van der Waals surface area contributed by atoms with Gasteiger partial charge in [-0.15, -0.1) is 0 Å². The van der Waals surface area contributed by atoms with Crippen LogP contribution in [0.5, 0.6) is 11.5 Å². The molecule has 1 saturated heterocycles. The van der Waals surface area contributed by atoms with Gasteiger partial charge in [0.25, 0.3) is 5.91 Å². The van der Waals surface area contributed by atoms with E-state index in [0.717, 1.165) is 45.1 Å². The number of para-hydroxylation sites is 1. The number of benzene rings is 2. The molecule has 8 nitrogen and oxygen atoms in total. The molecule has 0 saturated carbocycles. The number of hydrogen-bond acceptors (Lipinski definition) is 6. The molecule has 4 N–H and O–H groups in total. The number of nitrogens with two attached hydrogens (primary N) is 1. The topological polar surface area (TPSA) is 114 Å². The van der Waals surface area contributed by atoms with Gasteiger partial charge < -0.3 is 20.3 Å². The Kier molecular flexibility index (Phi) is 9.94. The lowest BCUT2D eigenvalue weighted by Gasteiger charge is -2.28. The summed E-state index contributed by atoms with van der Waals surface area (Å²) in [5, 5.41) is 12.0. The number of carbonyl (C=O) groups is 1. The summed E-state index contributed by atoms with van der Waals surface area (Å²) in [6.45, 7) is 7.06. The van der Waals surface area contributed by atoms with Crippen molar-refractivity contribution in [1.82, 2.24) is 10.6 Å². The van der Waals surface area contributed by atoms with E-state index >= 15 is 0 Å². The van der Waals surface area contributed by atoms with Crippen LogP contribution in [0.1, 0.15) is 62.7 Å². The molecule has 1 amide bonds. The fraction of sp³-hybridized carbons (Fsp3) is 0.500. The van der Waals surface area contributed by atoms with Gasteiger partial charge in [0.15, 0.2) is 5.75 Å². The van der Waals surface area contributed by atoms with Gasteiger partial charge >= 0.3 is 0 Å². The SMILES string of the molecule is CCCCN(CCCC)c1cc(C(=O)NCC2CCCN2)cc(S(N)(=O)=O)c1Oc1ccccc1. The van der Waals surface area contributed by atoms with Crippen LogP contribution in [0.2, 0.25) is 0 Å². The quantitative estimate of drug-likeness (QED) is 0.381. The lowest BCUT2D eigenvalue weighted by molar-refractivity contribution is 0.0950. The molecular weight excluding hydrogens is 464 g/mol. The zero-order valence-electron chi connectivity index (χ0n) is 20.8. The Balaban J connectivity index is 2.08. The van der Waals surface area contributed by atoms with Crippen molar-refractivity contribution in [3.8, 4) is 11.5 Å². The molecule has 192 valence electrons. The Hall–Kier alpha value is -2.62. The van der Waals surface area contributed by atoms with Crippen LogP contribution >= 0.6 is 0 Å². The van der Waals surface area contributed by atoms with E-state index in [4.69, 9.17) is 9.88 Å². The highest BCUT2D eigenvalue weighted by Crippen LogP contribution is 2.39. The number of rotatable bonds is 13. The van der Waals surface area contributed by atoms with Gasteiger partial charge in [0.05, 0.1) is 5.69 Å². The highest BCUT2D eigenvalue weighted by atomic mass is 32.2. The summed E-state index contributed by atoms with van der Waals surface area (Å²) in [5.41, 5.74) is 0.812. The predicted molar refractivity (Wildman–Crippen MR) is 140 cm³/mol. The van der Waals surface area contributed by atoms with Crippen molar-refractivity contribution in [3.05, 3.63) is 48.0 Å². The number of amides is 1. The van der Waals surface area contributed by atoms with Crippen LogP contribution in [0.3, 0.4) is 0 Å². The Bertz CT molecular complexity index is 1060. The zero-order valence-corrected chi connectivity index (χ0v) is 21.6. The molecule has 0 aliphatic carbocycles. The molecule has 3 rings (SSSR count). The summed E-state index contributed by atoms with van der Waals surface area (Å²) in [5.74, 6) is 0.316. The second-order valence-electron chi connectivity index (χ2n) is 8.98. The maximum absolute atomic E-state index is 13.1. The molecule has 1 aliphatic heterocycles. The van der Waals surface area contributed by atoms with E-state index in [0.29, 0.717) is 31.1 Å². The van der Waals surface area contributed by atoms with Gasteiger partial charge in [0.2, 0.25) is 10.0 Å². The minimum Gasteiger partial charge on any atom is -0.454 e. The molecule has 1 heterocycles. The van der Waals surface area contributed by atoms with Gasteiger partial charge in [-0.05, 0) is 56.5 Å². The highest BCUT2D eigenvalue weighted by Gasteiger charge is 2.26. The highest BCUT2D eigenvalue weighted by molar-refractivity contribution is 7.89. The van der Waals surface area contributed by atoms with Crippen LogP contribution in [0.15, 0.2) is 47.4 Å². The van der Waals surface area contributed by atoms with Gasteiger partial charge in [0, 0.05) is 31.2 Å². The Morgan fingerprint density at radius 2 is 1.83 bits per heavy atom. The zero-order chi connectivity index (χ0) is 25.3. The van der Waals surface area contributed by atoms with Crippen LogP contribution in [0.4, 0.5) is 5.69 Å². The van der Waals surface area contributed by atoms with E-state index in [2.05, 4.69) is 29.4 Å². The van der Waals surface area contributed by atoms with E-state index < -0.39 is 10.0 Å². The third-order valence-electron chi connectivity index (χ3n) is 6.14. The molecule has 0 radical (unpaired) electrons. The van der Waals surface area contributed by atoms with E-state index in [1.54, 1.807) is 18.2 Å². The third-order valence-corrected chi connectivity index (χ3v) is 7.06. The number of anilines is 1. The van der Waals surface area contributed by atoms with Crippen molar-refractivity contribution in [2.45, 2.75) is 63.3 Å². The lowest BCUT2D eigenvalue weighted by Crippen LogP contribution is -2.37. The first-order chi connectivity index (χ1) is 16.8. The Morgan fingerprint density at radius 3 is 2.40 bits per heavy atom. The number of unbranched alkanes of at least 4 members (excludes halogenated alkanes) is 2. The van der Waals surface area contributed by atoms with Crippen LogP contribution in [0, 0.1) is 0 Å². The van der Waals surface area contributed by atoms with Crippen molar-refractivity contribution in [2.75, 3.05) is 31.1 Å². The summed E-state index contributed by atoms with van der Waals surface area (Å²) < 4.78 is 31.6. The molecule has 9 heteroatoms. The normalized spacial score (nSPS) is 15.7. The van der Waals surface area contributed by atoms with E-state index in [1.165, 1.54) is 6.07 Å². The molecule has 1 fully saturated rings. The third kappa shape index (κ3) is 7.68. The first-order valence-corrected chi connectivity index (χ1v) is 14.1. The fourth-order valence-corrected chi connectivity index (χ4v) is 4.87. The van der Waals surface area contributed by atoms with Crippen molar-refractivity contribution in [3.63, 3.8) is 0 Å². The first-order valence-electron chi connectivity index (χ1n) is 12.5. The largest absolute Gasteiger partial charge is 0.454 e. The number of hydrogen-bond donors (Lipinski definition) is 3. The van der Waals surface area contributed by atoms with Gasteiger partial charge in [-0.1, -0.05) is 44.9 Å². The molecule has 0 bridgehead atoms. The molecule has 35 heavy (non-hydrogen) atoms. The number of ether oxygens (including phenoxy) is 1. The lowest BCUT2D eigenvalue weighted by atomic mass is 10.1. The van der Waals surface area contributed by atoms with Crippen molar-refractivity contribution in [2.24, 2.45) is 5.14 Å². The smallest absolute Gasteiger partial charge is 0.251 e. The van der Waals surface area contributed by atoms with Gasteiger partial charge in [-0.3, -0.25) is 4.79 Å². The average Bonchev–Trinajstić information content (AvgIpc) is 3.36. The van der Waals surface area contributed by atoms with Crippen molar-refractivity contribution in [1.29, 1.82) is 0 Å². The predicted octanol–water partition coefficient (Wildman–Crippen LogP) is 4.01. The summed E-state index contributed by atoms with van der Waals surface area (Å²) in [4.78, 5) is 15.0. The number of nitrogens with zero attached hydrogens (tertiary/aromatic N) is 1. The average molecular weight is 503 g/mol. The Labute approximate surface area is 209 Å². The van der Waals surface area contributed by atoms with Gasteiger partial charge in [0.1, 0.15) is 10.6 Å². The van der Waals surface area contributed by atoms with Gasteiger partial charge in [-0.25, -0.2) is 13.6 Å². The molecule has 1 atom stereocenters. The van der Waals surface area contributed by atoms with Crippen molar-refractivity contribution >= 4 is 21.6 Å². The summed E-state index contributed by atoms with van der Waals surface area (Å²) >= 11 is 0. The molecule has 2 aromatic rings. The number of sulfonamides is 1. The minimum absolute atomic E-state index is 0.153. The van der Waals surface area contributed by atoms with E-state index in [-0.39, 0.29) is 28.2 Å². The second kappa shape index (κ2) is 12.9. The molecule has 0 aromatic heterocycles. The summed E-state index contributed by atoms with van der Waals surface area (Å²) in [7, 11) is -4.18. The molecule has 1 unspecified atom stereocenters. The molecule has 1 aliphatic rings. The summed E-state index contributed by atoms with van der Waals surface area (Å²) in [6.07, 6.45) is 5.88. The van der Waals surface area contributed by atoms with Gasteiger partial charge in [-0.2, -0.15) is 0 Å². The second-order valence-corrected chi connectivity index (χ2v) is 10.5.